The largest absolute Gasteiger partial charge is 0.416 e. The molecule has 1 N–H and O–H groups in total. The fourth-order valence-electron chi connectivity index (χ4n) is 2.15. The quantitative estimate of drug-likeness (QED) is 0.364. The molecular formula is C15H10F6N2OS. The highest BCUT2D eigenvalue weighted by Gasteiger charge is 2.38. The minimum absolute atomic E-state index is 0.0648. The van der Waals surface area contributed by atoms with Gasteiger partial charge in [-0.15, -0.1) is 0 Å². The Hall–Kier alpha value is -2.15. The first kappa shape index (κ1) is 19.2. The van der Waals surface area contributed by atoms with Crippen molar-refractivity contribution in [3.05, 3.63) is 46.2 Å². The molecule has 0 bridgehead atoms. The minimum atomic E-state index is -5.06. The molecule has 0 aromatic heterocycles. The standard InChI is InChI=1S/C15H10F6N2OS/c16-14(17,18)9-3-8(4-10(5-9)15(19,20)21)13(24)11(6-22)12-7-25-2-1-23-12/h3-5,23H,1-2,7H2/b12-11-. The lowest BCUT2D eigenvalue weighted by Gasteiger charge is -2.18. The van der Waals surface area contributed by atoms with Gasteiger partial charge in [0.1, 0.15) is 11.6 Å². The SMILES string of the molecule is N#C/C(C(=O)c1cc(C(F)(F)F)cc(C(F)(F)F)c1)=C1\CSCCN1. The van der Waals surface area contributed by atoms with Crippen molar-refractivity contribution < 1.29 is 31.1 Å². The zero-order valence-electron chi connectivity index (χ0n) is 12.4. The third kappa shape index (κ3) is 4.48. The van der Waals surface area contributed by atoms with Gasteiger partial charge in [-0.1, -0.05) is 0 Å². The van der Waals surface area contributed by atoms with Crippen molar-refractivity contribution in [2.24, 2.45) is 0 Å². The molecule has 3 nitrogen and oxygen atoms in total. The van der Waals surface area contributed by atoms with E-state index >= 15 is 0 Å². The van der Waals surface area contributed by atoms with Crippen LogP contribution in [0.25, 0.3) is 0 Å². The van der Waals surface area contributed by atoms with E-state index in [1.165, 1.54) is 11.8 Å². The number of alkyl halides is 6. The molecule has 0 radical (unpaired) electrons. The van der Waals surface area contributed by atoms with Gasteiger partial charge in [0.25, 0.3) is 0 Å². The molecule has 1 aromatic rings. The van der Waals surface area contributed by atoms with Crippen LogP contribution >= 0.6 is 11.8 Å². The number of carbonyl (C=O) groups is 1. The van der Waals surface area contributed by atoms with Crippen LogP contribution < -0.4 is 5.32 Å². The molecular weight excluding hydrogens is 370 g/mol. The monoisotopic (exact) mass is 380 g/mol. The van der Waals surface area contributed by atoms with Gasteiger partial charge in [0.05, 0.1) is 11.1 Å². The molecule has 2 rings (SSSR count). The Bertz CT molecular complexity index is 721. The normalized spacial score (nSPS) is 17.5. The van der Waals surface area contributed by atoms with Crippen LogP contribution in [0.3, 0.4) is 0 Å². The van der Waals surface area contributed by atoms with Gasteiger partial charge in [-0.05, 0) is 18.2 Å². The molecule has 0 amide bonds. The molecule has 25 heavy (non-hydrogen) atoms. The zero-order chi connectivity index (χ0) is 18.8. The smallest absolute Gasteiger partial charge is 0.386 e. The van der Waals surface area contributed by atoms with Gasteiger partial charge >= 0.3 is 12.4 Å². The summed E-state index contributed by atoms with van der Waals surface area (Å²) in [6.45, 7) is 0.439. The van der Waals surface area contributed by atoms with E-state index in [0.29, 0.717) is 24.4 Å². The van der Waals surface area contributed by atoms with E-state index in [2.05, 4.69) is 5.32 Å². The fraction of sp³-hybridized carbons (Fsp3) is 0.333. The molecule has 1 saturated heterocycles. The van der Waals surface area contributed by atoms with Gasteiger partial charge in [0.15, 0.2) is 0 Å². The predicted octanol–water partition coefficient (Wildman–Crippen LogP) is 4.02. The second kappa shape index (κ2) is 7.00. The van der Waals surface area contributed by atoms with Gasteiger partial charge in [-0.25, -0.2) is 0 Å². The Morgan fingerprint density at radius 2 is 1.64 bits per heavy atom. The highest BCUT2D eigenvalue weighted by Crippen LogP contribution is 2.36. The first-order valence-corrected chi connectivity index (χ1v) is 7.98. The van der Waals surface area contributed by atoms with Gasteiger partial charge in [-0.3, -0.25) is 4.79 Å². The molecule has 134 valence electrons. The number of rotatable bonds is 2. The second-order valence-corrected chi connectivity index (χ2v) is 6.17. The van der Waals surface area contributed by atoms with Gasteiger partial charge in [-0.2, -0.15) is 43.4 Å². The molecule has 1 heterocycles. The van der Waals surface area contributed by atoms with Crippen LogP contribution in [0.2, 0.25) is 0 Å². The number of Topliss-reactive ketones (excluding diaryl/α,β-unsaturated/α-hetero) is 1. The van der Waals surface area contributed by atoms with Gasteiger partial charge in [0.2, 0.25) is 5.78 Å². The highest BCUT2D eigenvalue weighted by molar-refractivity contribution is 7.99. The Kier molecular flexibility index (Phi) is 5.37. The Labute approximate surface area is 142 Å². The van der Waals surface area contributed by atoms with Crippen LogP contribution in [0.15, 0.2) is 29.5 Å². The predicted molar refractivity (Wildman–Crippen MR) is 78.7 cm³/mol. The van der Waals surface area contributed by atoms with E-state index in [1.54, 1.807) is 6.07 Å². The highest BCUT2D eigenvalue weighted by atomic mass is 32.2. The van der Waals surface area contributed by atoms with Crippen molar-refractivity contribution in [1.29, 1.82) is 5.26 Å². The fourth-order valence-corrected chi connectivity index (χ4v) is 2.99. The van der Waals surface area contributed by atoms with Crippen molar-refractivity contribution >= 4 is 17.5 Å². The van der Waals surface area contributed by atoms with E-state index in [9.17, 15) is 31.1 Å². The topological polar surface area (TPSA) is 52.9 Å². The summed E-state index contributed by atoms with van der Waals surface area (Å²) < 4.78 is 77.2. The van der Waals surface area contributed by atoms with Crippen molar-refractivity contribution in [2.45, 2.75) is 12.4 Å². The third-order valence-corrected chi connectivity index (χ3v) is 4.31. The maximum Gasteiger partial charge on any atom is 0.416 e. The summed E-state index contributed by atoms with van der Waals surface area (Å²) >= 11 is 1.39. The first-order chi connectivity index (χ1) is 11.5. The number of thioether (sulfide) groups is 1. The number of benzene rings is 1. The average Bonchev–Trinajstić information content (AvgIpc) is 2.54. The van der Waals surface area contributed by atoms with Gasteiger partial charge in [0, 0.05) is 29.3 Å². The van der Waals surface area contributed by atoms with Crippen molar-refractivity contribution in [2.75, 3.05) is 18.1 Å². The van der Waals surface area contributed by atoms with Crippen molar-refractivity contribution in [3.8, 4) is 6.07 Å². The summed E-state index contributed by atoms with van der Waals surface area (Å²) in [5.41, 5.74) is -4.31. The zero-order valence-corrected chi connectivity index (χ0v) is 13.2. The number of hydrogen-bond acceptors (Lipinski definition) is 4. The number of allylic oxidation sites excluding steroid dienone is 1. The van der Waals surface area contributed by atoms with Crippen LogP contribution in [0.5, 0.6) is 0 Å². The molecule has 0 unspecified atom stereocenters. The number of ketones is 1. The summed E-state index contributed by atoms with van der Waals surface area (Å²) in [6, 6.07) is 2.16. The molecule has 0 saturated carbocycles. The second-order valence-electron chi connectivity index (χ2n) is 5.07. The van der Waals surface area contributed by atoms with E-state index in [1.807, 2.05) is 0 Å². The maximum atomic E-state index is 12.9. The molecule has 1 aromatic carbocycles. The van der Waals surface area contributed by atoms with Crippen LogP contribution in [0, 0.1) is 11.3 Å². The van der Waals surface area contributed by atoms with Gasteiger partial charge < -0.3 is 5.32 Å². The molecule has 1 fully saturated rings. The molecule has 10 heteroatoms. The van der Waals surface area contributed by atoms with Crippen LogP contribution in [-0.2, 0) is 12.4 Å². The van der Waals surface area contributed by atoms with E-state index in [-0.39, 0.29) is 17.5 Å². The van der Waals surface area contributed by atoms with E-state index in [4.69, 9.17) is 5.26 Å². The van der Waals surface area contributed by atoms with Crippen LogP contribution in [0.4, 0.5) is 26.3 Å². The number of hydrogen-bond donors (Lipinski definition) is 1. The molecule has 1 aliphatic heterocycles. The maximum absolute atomic E-state index is 12.9. The van der Waals surface area contributed by atoms with Crippen LogP contribution in [0.1, 0.15) is 21.5 Å². The Balaban J connectivity index is 2.57. The van der Waals surface area contributed by atoms with Crippen LogP contribution in [-0.4, -0.2) is 23.8 Å². The van der Waals surface area contributed by atoms with Crippen molar-refractivity contribution in [1.82, 2.24) is 5.32 Å². The number of nitrogens with zero attached hydrogens (tertiary/aromatic N) is 1. The summed E-state index contributed by atoms with van der Waals surface area (Å²) in [5.74, 6) is -0.221. The van der Waals surface area contributed by atoms with E-state index in [0.717, 1.165) is 0 Å². The summed E-state index contributed by atoms with van der Waals surface area (Å²) in [6.07, 6.45) is -10.1. The number of nitrogens with one attached hydrogen (secondary N) is 1. The third-order valence-electron chi connectivity index (χ3n) is 3.32. The average molecular weight is 380 g/mol. The number of carbonyl (C=O) groups excluding carboxylic acids is 1. The Morgan fingerprint density at radius 3 is 2.04 bits per heavy atom. The summed E-state index contributed by atoms with van der Waals surface area (Å²) in [5, 5.41) is 11.9. The van der Waals surface area contributed by atoms with E-state index < -0.39 is 40.4 Å². The van der Waals surface area contributed by atoms with Crippen molar-refractivity contribution in [3.63, 3.8) is 0 Å². The number of nitriles is 1. The Morgan fingerprint density at radius 1 is 1.08 bits per heavy atom. The minimum Gasteiger partial charge on any atom is -0.386 e. The molecule has 1 aliphatic rings. The summed E-state index contributed by atoms with van der Waals surface area (Å²) in [4.78, 5) is 12.4. The number of halogens is 6. The molecule has 0 aliphatic carbocycles. The lowest BCUT2D eigenvalue weighted by atomic mass is 9.97. The first-order valence-electron chi connectivity index (χ1n) is 6.83. The molecule has 0 spiro atoms. The summed E-state index contributed by atoms with van der Waals surface area (Å²) in [7, 11) is 0. The lowest BCUT2D eigenvalue weighted by molar-refractivity contribution is -0.143. The molecule has 0 atom stereocenters. The lowest BCUT2D eigenvalue weighted by Crippen LogP contribution is -2.27.